The van der Waals surface area contributed by atoms with E-state index < -0.39 is 6.10 Å². The molecule has 21 heavy (non-hydrogen) atoms. The van der Waals surface area contributed by atoms with Crippen molar-refractivity contribution in [3.63, 3.8) is 0 Å². The third-order valence-corrected chi connectivity index (χ3v) is 4.33. The lowest BCUT2D eigenvalue weighted by Gasteiger charge is -2.41. The number of hydroxylamine groups is 2. The van der Waals surface area contributed by atoms with Crippen molar-refractivity contribution < 1.29 is 14.4 Å². The van der Waals surface area contributed by atoms with Gasteiger partial charge in [-0.05, 0) is 45.2 Å². The molecule has 1 aliphatic rings. The van der Waals surface area contributed by atoms with E-state index in [9.17, 15) is 4.79 Å². The summed E-state index contributed by atoms with van der Waals surface area (Å²) < 4.78 is 4.84. The van der Waals surface area contributed by atoms with Gasteiger partial charge < -0.3 is 4.74 Å². The number of carbonyl (C=O) groups is 1. The van der Waals surface area contributed by atoms with Crippen LogP contribution in [0.25, 0.3) is 0 Å². The van der Waals surface area contributed by atoms with Gasteiger partial charge in [0.1, 0.15) is 0 Å². The summed E-state index contributed by atoms with van der Waals surface area (Å²) in [6.07, 6.45) is -0.00561. The molecule has 0 amide bonds. The second kappa shape index (κ2) is 5.43. The largest absolute Gasteiger partial charge is 0.467 e. The average molecular weight is 291 g/mol. The quantitative estimate of drug-likeness (QED) is 0.797. The number of esters is 1. The maximum atomic E-state index is 11.9. The molecule has 0 spiro atoms. The lowest BCUT2D eigenvalue weighted by atomic mass is 9.91. The normalized spacial score (nSPS) is 20.9. The molecule has 4 nitrogen and oxygen atoms in total. The van der Waals surface area contributed by atoms with Crippen LogP contribution in [0.2, 0.25) is 0 Å². The molecule has 0 fully saturated rings. The number of rotatable bonds is 4. The molecule has 1 heterocycles. The van der Waals surface area contributed by atoms with E-state index in [2.05, 4.69) is 39.8 Å². The average Bonchev–Trinajstić information content (AvgIpc) is 2.61. The summed E-state index contributed by atoms with van der Waals surface area (Å²) in [5.41, 5.74) is 1.85. The highest BCUT2D eigenvalue weighted by atomic mass is 16.7. The van der Waals surface area contributed by atoms with Crippen molar-refractivity contribution in [1.29, 1.82) is 0 Å². The SMILES string of the molecule is CCC(ON1C(C)(C)c2ccccc2C1(C)C)C(=O)OC. The van der Waals surface area contributed by atoms with Crippen molar-refractivity contribution >= 4 is 5.97 Å². The van der Waals surface area contributed by atoms with E-state index in [1.165, 1.54) is 18.2 Å². The fourth-order valence-corrected chi connectivity index (χ4v) is 3.27. The van der Waals surface area contributed by atoms with Gasteiger partial charge in [-0.15, -0.1) is 0 Å². The first-order chi connectivity index (χ1) is 9.76. The summed E-state index contributed by atoms with van der Waals surface area (Å²) in [6, 6.07) is 8.33. The number of benzene rings is 1. The van der Waals surface area contributed by atoms with Crippen molar-refractivity contribution in [2.75, 3.05) is 7.11 Å². The van der Waals surface area contributed by atoms with Crippen LogP contribution in [0.1, 0.15) is 52.2 Å². The molecule has 1 atom stereocenters. The topological polar surface area (TPSA) is 38.8 Å². The van der Waals surface area contributed by atoms with E-state index >= 15 is 0 Å². The molecule has 0 bridgehead atoms. The zero-order chi connectivity index (χ0) is 15.8. The molecule has 0 aromatic heterocycles. The molecule has 0 aliphatic carbocycles. The molecular formula is C17H25NO3. The summed E-state index contributed by atoms with van der Waals surface area (Å²) in [4.78, 5) is 17.9. The molecule has 116 valence electrons. The van der Waals surface area contributed by atoms with Crippen molar-refractivity contribution in [2.24, 2.45) is 0 Å². The van der Waals surface area contributed by atoms with Crippen LogP contribution in [-0.2, 0) is 25.4 Å². The molecular weight excluding hydrogens is 266 g/mol. The Bertz CT molecular complexity index is 502. The van der Waals surface area contributed by atoms with Gasteiger partial charge in [0.25, 0.3) is 0 Å². The van der Waals surface area contributed by atoms with E-state index in [0.29, 0.717) is 6.42 Å². The number of methoxy groups -OCH3 is 1. The van der Waals surface area contributed by atoms with Gasteiger partial charge in [-0.2, -0.15) is 5.06 Å². The van der Waals surface area contributed by atoms with Crippen LogP contribution in [0.3, 0.4) is 0 Å². The van der Waals surface area contributed by atoms with E-state index in [1.54, 1.807) is 0 Å². The Morgan fingerprint density at radius 2 is 1.62 bits per heavy atom. The fraction of sp³-hybridized carbons (Fsp3) is 0.588. The predicted octanol–water partition coefficient (Wildman–Crippen LogP) is 3.36. The number of fused-ring (bicyclic) bond motifs is 1. The van der Waals surface area contributed by atoms with Crippen LogP contribution in [0, 0.1) is 0 Å². The Morgan fingerprint density at radius 1 is 1.14 bits per heavy atom. The molecule has 0 radical (unpaired) electrons. The number of ether oxygens (including phenoxy) is 1. The highest BCUT2D eigenvalue weighted by Gasteiger charge is 2.51. The minimum atomic E-state index is -0.581. The van der Waals surface area contributed by atoms with Crippen LogP contribution >= 0.6 is 0 Å². The van der Waals surface area contributed by atoms with Gasteiger partial charge in [-0.25, -0.2) is 4.79 Å². The first-order valence-electron chi connectivity index (χ1n) is 7.41. The van der Waals surface area contributed by atoms with Crippen molar-refractivity contribution in [3.05, 3.63) is 35.4 Å². The summed E-state index contributed by atoms with van der Waals surface area (Å²) in [6.45, 7) is 10.4. The van der Waals surface area contributed by atoms with Gasteiger partial charge in [0.2, 0.25) is 0 Å². The smallest absolute Gasteiger partial charge is 0.337 e. The zero-order valence-corrected chi connectivity index (χ0v) is 13.8. The molecule has 1 aliphatic heterocycles. The van der Waals surface area contributed by atoms with E-state index in [4.69, 9.17) is 9.57 Å². The van der Waals surface area contributed by atoms with Gasteiger partial charge in [0.15, 0.2) is 6.10 Å². The number of hydrogen-bond acceptors (Lipinski definition) is 4. The molecule has 4 heteroatoms. The lowest BCUT2D eigenvalue weighted by Crippen LogP contribution is -2.48. The Hall–Kier alpha value is -1.39. The molecule has 0 N–H and O–H groups in total. The maximum Gasteiger partial charge on any atom is 0.337 e. The Kier molecular flexibility index (Phi) is 4.13. The third-order valence-electron chi connectivity index (χ3n) is 4.33. The number of nitrogens with zero attached hydrogens (tertiary/aromatic N) is 1. The van der Waals surface area contributed by atoms with E-state index in [1.807, 2.05) is 24.1 Å². The van der Waals surface area contributed by atoms with Crippen molar-refractivity contribution in [3.8, 4) is 0 Å². The monoisotopic (exact) mass is 291 g/mol. The molecule has 2 rings (SSSR count). The Morgan fingerprint density at radius 3 is 2.00 bits per heavy atom. The van der Waals surface area contributed by atoms with Crippen LogP contribution in [-0.4, -0.2) is 24.2 Å². The second-order valence-electron chi connectivity index (χ2n) is 6.48. The highest BCUT2D eigenvalue weighted by molar-refractivity contribution is 5.74. The summed E-state index contributed by atoms with van der Waals surface area (Å²) in [5, 5.41) is 1.94. The van der Waals surface area contributed by atoms with Crippen LogP contribution in [0.5, 0.6) is 0 Å². The Labute approximate surface area is 127 Å². The van der Waals surface area contributed by atoms with E-state index in [-0.39, 0.29) is 17.0 Å². The summed E-state index contributed by atoms with van der Waals surface area (Å²) >= 11 is 0. The van der Waals surface area contributed by atoms with Gasteiger partial charge in [-0.1, -0.05) is 31.2 Å². The van der Waals surface area contributed by atoms with Gasteiger partial charge in [0.05, 0.1) is 18.2 Å². The van der Waals surface area contributed by atoms with Crippen molar-refractivity contribution in [1.82, 2.24) is 5.06 Å². The first kappa shape index (κ1) is 16.0. The van der Waals surface area contributed by atoms with Crippen molar-refractivity contribution in [2.45, 2.75) is 58.2 Å². The van der Waals surface area contributed by atoms with Gasteiger partial charge in [-0.3, -0.25) is 4.84 Å². The maximum absolute atomic E-state index is 11.9. The lowest BCUT2D eigenvalue weighted by molar-refractivity contribution is -0.286. The van der Waals surface area contributed by atoms with Crippen LogP contribution < -0.4 is 0 Å². The number of hydrogen-bond donors (Lipinski definition) is 0. The molecule has 1 aromatic carbocycles. The fourth-order valence-electron chi connectivity index (χ4n) is 3.27. The summed E-state index contributed by atoms with van der Waals surface area (Å²) in [7, 11) is 1.39. The standard InChI is InChI=1S/C17H25NO3/c1-7-14(15(19)20-6)21-18-16(2,3)12-10-8-9-11-13(12)17(18,4)5/h8-11,14H,7H2,1-6H3. The van der Waals surface area contributed by atoms with Crippen LogP contribution in [0.15, 0.2) is 24.3 Å². The molecule has 1 unspecified atom stereocenters. The molecule has 0 saturated carbocycles. The second-order valence-corrected chi connectivity index (χ2v) is 6.48. The molecule has 1 aromatic rings. The van der Waals surface area contributed by atoms with Gasteiger partial charge >= 0.3 is 5.97 Å². The first-order valence-corrected chi connectivity index (χ1v) is 7.41. The van der Waals surface area contributed by atoms with Gasteiger partial charge in [0, 0.05) is 0 Å². The predicted molar refractivity (Wildman–Crippen MR) is 81.5 cm³/mol. The Balaban J connectivity index is 2.39. The number of carbonyl (C=O) groups excluding carboxylic acids is 1. The third kappa shape index (κ3) is 2.47. The highest BCUT2D eigenvalue weighted by Crippen LogP contribution is 2.49. The summed E-state index contributed by atoms with van der Waals surface area (Å²) in [5.74, 6) is -0.333. The minimum Gasteiger partial charge on any atom is -0.467 e. The minimum absolute atomic E-state index is 0.304. The zero-order valence-electron chi connectivity index (χ0n) is 13.8. The van der Waals surface area contributed by atoms with Crippen LogP contribution in [0.4, 0.5) is 0 Å². The molecule has 0 saturated heterocycles. The van der Waals surface area contributed by atoms with E-state index in [0.717, 1.165) is 0 Å².